The molecule has 7 aromatic rings. The van der Waals surface area contributed by atoms with Crippen LogP contribution in [0.2, 0.25) is 0 Å². The van der Waals surface area contributed by atoms with Crippen LogP contribution in [0.3, 0.4) is 0 Å². The zero-order valence-electron chi connectivity index (χ0n) is 40.6. The number of rotatable bonds is 0. The van der Waals surface area contributed by atoms with Crippen molar-refractivity contribution < 1.29 is 4.42 Å². The highest BCUT2D eigenvalue weighted by Gasteiger charge is 2.35. The second-order valence-electron chi connectivity index (χ2n) is 17.8. The molecule has 4 aromatic carbocycles. The molecule has 0 unspecified atom stereocenters. The summed E-state index contributed by atoms with van der Waals surface area (Å²) in [7, 11) is 2.09. The Balaban J connectivity index is 0.000000150. The van der Waals surface area contributed by atoms with Crippen molar-refractivity contribution in [1.82, 2.24) is 19.5 Å². The van der Waals surface area contributed by atoms with Gasteiger partial charge in [-0.3, -0.25) is 4.99 Å². The molecule has 0 N–H and O–H groups in total. The summed E-state index contributed by atoms with van der Waals surface area (Å²) in [6.07, 6.45) is 0. The molecule has 0 amide bonds. The summed E-state index contributed by atoms with van der Waals surface area (Å²) in [4.78, 5) is 18.4. The molecule has 0 fully saturated rings. The fourth-order valence-corrected chi connectivity index (χ4v) is 9.63. The Kier molecular flexibility index (Phi) is 12.7. The summed E-state index contributed by atoms with van der Waals surface area (Å²) in [6.45, 7) is 47.5. The third-order valence-electron chi connectivity index (χ3n) is 14.4. The first-order chi connectivity index (χ1) is 27.3. The summed E-state index contributed by atoms with van der Waals surface area (Å²) in [5.41, 5.74) is 31.3. The van der Waals surface area contributed by atoms with Gasteiger partial charge in [0.1, 0.15) is 11.3 Å². The van der Waals surface area contributed by atoms with Crippen LogP contribution in [0.25, 0.3) is 32.3 Å². The first-order valence-corrected chi connectivity index (χ1v) is 21.8. The Morgan fingerprint density at radius 3 is 1.49 bits per heavy atom. The third-order valence-corrected chi connectivity index (χ3v) is 15.5. The Labute approximate surface area is 358 Å². The number of hydrogen-bond acceptors (Lipinski definition) is 6. The minimum absolute atomic E-state index is 0.0998. The molecule has 0 saturated carbocycles. The van der Waals surface area contributed by atoms with Gasteiger partial charge in [-0.25, -0.2) is 15.0 Å². The van der Waals surface area contributed by atoms with Crippen LogP contribution in [-0.4, -0.2) is 25.2 Å². The molecule has 0 atom stereocenters. The highest BCUT2D eigenvalue weighted by Crippen LogP contribution is 2.46. The van der Waals surface area contributed by atoms with E-state index in [1.807, 2.05) is 6.92 Å². The van der Waals surface area contributed by atoms with E-state index < -0.39 is 0 Å². The van der Waals surface area contributed by atoms with E-state index in [2.05, 4.69) is 172 Å². The first-order valence-electron chi connectivity index (χ1n) is 21.0. The van der Waals surface area contributed by atoms with Crippen molar-refractivity contribution in [3.8, 4) is 0 Å². The largest absolute Gasteiger partial charge is 0.441 e. The molecule has 4 heterocycles. The van der Waals surface area contributed by atoms with Gasteiger partial charge in [-0.2, -0.15) is 0 Å². The summed E-state index contributed by atoms with van der Waals surface area (Å²) < 4.78 is 9.15. The second kappa shape index (κ2) is 16.4. The number of aryl methyl sites for hydroxylation is 10. The van der Waals surface area contributed by atoms with Gasteiger partial charge in [-0.15, -0.1) is 11.3 Å². The van der Waals surface area contributed by atoms with Crippen LogP contribution in [0, 0.1) is 132 Å². The van der Waals surface area contributed by atoms with E-state index in [1.54, 1.807) is 11.3 Å². The Morgan fingerprint density at radius 1 is 0.458 bits per heavy atom. The zero-order valence-corrected chi connectivity index (χ0v) is 41.4. The monoisotopic (exact) mass is 812 g/mol. The van der Waals surface area contributed by atoms with Crippen molar-refractivity contribution in [3.63, 3.8) is 0 Å². The number of hydrogen-bond donors (Lipinski definition) is 0. The predicted octanol–water partition coefficient (Wildman–Crippen LogP) is 14.6. The van der Waals surface area contributed by atoms with E-state index in [4.69, 9.17) is 9.41 Å². The van der Waals surface area contributed by atoms with Gasteiger partial charge >= 0.3 is 0 Å². The molecular formula is C52H69N5OS. The number of thiazole rings is 1. The Bertz CT molecular complexity index is 2670. The lowest BCUT2D eigenvalue weighted by Gasteiger charge is -2.24. The number of imidazole rings is 1. The van der Waals surface area contributed by atoms with Gasteiger partial charge in [0.05, 0.1) is 31.9 Å². The van der Waals surface area contributed by atoms with Crippen LogP contribution in [0.4, 0.5) is 5.69 Å². The van der Waals surface area contributed by atoms with Gasteiger partial charge in [-0.1, -0.05) is 13.8 Å². The summed E-state index contributed by atoms with van der Waals surface area (Å²) in [6, 6.07) is 0. The maximum Gasteiger partial charge on any atom is 0.192 e. The average Bonchev–Trinajstić information content (AvgIpc) is 3.93. The minimum atomic E-state index is 0.0998. The van der Waals surface area contributed by atoms with Crippen LogP contribution in [0.5, 0.6) is 0 Å². The van der Waals surface area contributed by atoms with E-state index in [1.165, 1.54) is 122 Å². The highest BCUT2D eigenvalue weighted by molar-refractivity contribution is 7.18. The number of aliphatic imine (C=N–C) groups is 1. The topological polar surface area (TPSA) is 69.1 Å². The van der Waals surface area contributed by atoms with Gasteiger partial charge in [0, 0.05) is 25.1 Å². The molecule has 1 aliphatic rings. The van der Waals surface area contributed by atoms with E-state index >= 15 is 0 Å². The van der Waals surface area contributed by atoms with Gasteiger partial charge < -0.3 is 8.98 Å². The molecular weight excluding hydrogens is 743 g/mol. The van der Waals surface area contributed by atoms with Crippen LogP contribution >= 0.6 is 11.3 Å². The molecule has 3 aromatic heterocycles. The van der Waals surface area contributed by atoms with Crippen LogP contribution < -0.4 is 0 Å². The Hall–Kier alpha value is -4.62. The normalized spacial score (nSPS) is 12.9. The van der Waals surface area contributed by atoms with E-state index in [9.17, 15) is 0 Å². The zero-order chi connectivity index (χ0) is 44.5. The smallest absolute Gasteiger partial charge is 0.192 e. The SMILES string of the molecule is CC1=Nc2c(C)c(C)c(C)c(C)c2C1(C)C.Cc1c(C)c(C)c2c(nc(C)n2C)c1C.Cc1nc2c(C)c(C)c(C)c(C)c2o1.Cc1nc2c(C)c(C)c(C)c(C)c2s1. The number of fused-ring (bicyclic) bond motifs is 4. The van der Waals surface area contributed by atoms with Crippen molar-refractivity contribution in [1.29, 1.82) is 0 Å². The maximum absolute atomic E-state index is 5.60. The molecule has 6 nitrogen and oxygen atoms in total. The lowest BCUT2D eigenvalue weighted by atomic mass is 9.77. The number of benzene rings is 4. The van der Waals surface area contributed by atoms with Crippen molar-refractivity contribution in [2.24, 2.45) is 12.0 Å². The van der Waals surface area contributed by atoms with Gasteiger partial charge in [0.2, 0.25) is 0 Å². The lowest BCUT2D eigenvalue weighted by molar-refractivity contribution is 0.559. The number of aromatic nitrogens is 4. The van der Waals surface area contributed by atoms with Crippen molar-refractivity contribution in [2.75, 3.05) is 0 Å². The molecule has 0 radical (unpaired) electrons. The number of nitrogens with zero attached hydrogens (tertiary/aromatic N) is 5. The summed E-state index contributed by atoms with van der Waals surface area (Å²) in [5.74, 6) is 1.83. The second-order valence-corrected chi connectivity index (χ2v) is 19.0. The predicted molar refractivity (Wildman–Crippen MR) is 257 cm³/mol. The van der Waals surface area contributed by atoms with E-state index in [0.29, 0.717) is 0 Å². The molecule has 0 bridgehead atoms. The van der Waals surface area contributed by atoms with Crippen molar-refractivity contribution in [3.05, 3.63) is 111 Å². The molecule has 59 heavy (non-hydrogen) atoms. The first kappa shape index (κ1) is 45.5. The Morgan fingerprint density at radius 2 is 0.915 bits per heavy atom. The van der Waals surface area contributed by atoms with Crippen LogP contribution in [0.15, 0.2) is 9.41 Å². The highest BCUT2D eigenvalue weighted by atomic mass is 32.1. The molecule has 1 aliphatic heterocycles. The van der Waals surface area contributed by atoms with Gasteiger partial charge in [0.25, 0.3) is 0 Å². The van der Waals surface area contributed by atoms with Crippen molar-refractivity contribution in [2.45, 2.75) is 158 Å². The standard InChI is InChI=1S/C15H21N.C13H18N2.C12H15NO.C12H15NS/c1-8-9(2)11(4)14-13(10(8)3)15(6,7)12(5)16-14;1-7-8(2)10(4)13-12(9(7)3)14-11(5)15(13)6;2*1-6-7(2)9(4)12-11(8(6)3)13-10(5)14-12/h1-7H3;1-6H3;2*1-5H3. The summed E-state index contributed by atoms with van der Waals surface area (Å²) in [5, 5.41) is 1.16. The molecule has 7 heteroatoms. The molecule has 8 rings (SSSR count). The van der Waals surface area contributed by atoms with E-state index in [-0.39, 0.29) is 5.41 Å². The quantitative estimate of drug-likeness (QED) is 0.153. The molecule has 314 valence electrons. The summed E-state index contributed by atoms with van der Waals surface area (Å²) >= 11 is 1.80. The third kappa shape index (κ3) is 7.69. The molecule has 0 saturated heterocycles. The average molecular weight is 812 g/mol. The van der Waals surface area contributed by atoms with Gasteiger partial charge in [0.15, 0.2) is 11.5 Å². The minimum Gasteiger partial charge on any atom is -0.441 e. The van der Waals surface area contributed by atoms with Crippen LogP contribution in [0.1, 0.15) is 132 Å². The van der Waals surface area contributed by atoms with E-state index in [0.717, 1.165) is 33.3 Å². The fraction of sp³-hybridized carbons (Fsp3) is 0.462. The fourth-order valence-electron chi connectivity index (χ4n) is 8.60. The number of oxazole rings is 1. The molecule has 0 spiro atoms. The van der Waals surface area contributed by atoms with Crippen molar-refractivity contribution >= 4 is 55.1 Å². The lowest BCUT2D eigenvalue weighted by Crippen LogP contribution is -2.24. The molecule has 0 aliphatic carbocycles. The van der Waals surface area contributed by atoms with Crippen LogP contribution in [-0.2, 0) is 12.5 Å². The van der Waals surface area contributed by atoms with Gasteiger partial charge in [-0.05, 0) is 226 Å². The maximum atomic E-state index is 5.60.